The van der Waals surface area contributed by atoms with Crippen LogP contribution in [0.25, 0.3) is 5.57 Å². The standard InChI is InChI=1S/C17H18FN3O3S/c1-24-15-11(8-4-9(5-19)25-6-8)13(18)10(7-2-3-7)12-14(15)20-17(23)21-16(12)22/h4,6-7,11,15H,2-3,5,19H2,1H3,(H2,20,21,22,23). The Labute approximate surface area is 146 Å². The summed E-state index contributed by atoms with van der Waals surface area (Å²) in [5, 5.41) is 1.86. The van der Waals surface area contributed by atoms with Crippen molar-refractivity contribution in [3.63, 3.8) is 0 Å². The molecule has 4 rings (SSSR count). The van der Waals surface area contributed by atoms with E-state index in [0.717, 1.165) is 23.3 Å². The fourth-order valence-electron chi connectivity index (χ4n) is 3.59. The van der Waals surface area contributed by atoms with Crippen molar-refractivity contribution in [3.8, 4) is 0 Å². The zero-order chi connectivity index (χ0) is 17.7. The second kappa shape index (κ2) is 6.05. The molecule has 0 spiro atoms. The highest BCUT2D eigenvalue weighted by Crippen LogP contribution is 2.54. The molecule has 6 nitrogen and oxygen atoms in total. The predicted octanol–water partition coefficient (Wildman–Crippen LogP) is 2.16. The van der Waals surface area contributed by atoms with Gasteiger partial charge in [-0.25, -0.2) is 9.18 Å². The first-order valence-electron chi connectivity index (χ1n) is 8.11. The molecule has 0 amide bonds. The number of H-pyrrole nitrogens is 2. The van der Waals surface area contributed by atoms with Gasteiger partial charge in [0.1, 0.15) is 11.9 Å². The molecule has 0 bridgehead atoms. The molecule has 1 fully saturated rings. The van der Waals surface area contributed by atoms with Crippen LogP contribution in [0.15, 0.2) is 26.9 Å². The van der Waals surface area contributed by atoms with Crippen molar-refractivity contribution in [1.29, 1.82) is 0 Å². The molecule has 2 aromatic rings. The summed E-state index contributed by atoms with van der Waals surface area (Å²) in [4.78, 5) is 30.0. The van der Waals surface area contributed by atoms with E-state index in [1.807, 2.05) is 11.4 Å². The van der Waals surface area contributed by atoms with Crippen LogP contribution in [0.1, 0.15) is 46.6 Å². The van der Waals surface area contributed by atoms with Crippen LogP contribution < -0.4 is 17.0 Å². The summed E-state index contributed by atoms with van der Waals surface area (Å²) in [5.41, 5.74) is 6.23. The number of nitrogens with two attached hydrogens (primary N) is 1. The molecule has 1 saturated carbocycles. The van der Waals surface area contributed by atoms with Crippen LogP contribution in [0.3, 0.4) is 0 Å². The third-order valence-corrected chi connectivity index (χ3v) is 5.81. The molecule has 0 saturated heterocycles. The fraction of sp³-hybridized carbons (Fsp3) is 0.412. The van der Waals surface area contributed by atoms with Crippen LogP contribution in [0.5, 0.6) is 0 Å². The van der Waals surface area contributed by atoms with E-state index in [1.165, 1.54) is 18.4 Å². The van der Waals surface area contributed by atoms with Crippen LogP contribution in [0, 0.1) is 5.92 Å². The Hall–Kier alpha value is -2.03. The number of rotatable bonds is 4. The van der Waals surface area contributed by atoms with Gasteiger partial charge in [-0.05, 0) is 35.8 Å². The molecule has 0 aliphatic heterocycles. The zero-order valence-electron chi connectivity index (χ0n) is 13.6. The number of thiophene rings is 1. The zero-order valence-corrected chi connectivity index (χ0v) is 14.4. The molecule has 4 N–H and O–H groups in total. The summed E-state index contributed by atoms with van der Waals surface area (Å²) in [6.45, 7) is 0.378. The van der Waals surface area contributed by atoms with Gasteiger partial charge in [-0.1, -0.05) is 0 Å². The molecular weight excluding hydrogens is 345 g/mol. The average molecular weight is 363 g/mol. The lowest BCUT2D eigenvalue weighted by Crippen LogP contribution is -2.34. The van der Waals surface area contributed by atoms with Gasteiger partial charge in [0.15, 0.2) is 0 Å². The summed E-state index contributed by atoms with van der Waals surface area (Å²) in [6, 6.07) is 1.86. The summed E-state index contributed by atoms with van der Waals surface area (Å²) >= 11 is 1.46. The van der Waals surface area contributed by atoms with Gasteiger partial charge in [-0.3, -0.25) is 9.78 Å². The fourth-order valence-corrected chi connectivity index (χ4v) is 4.39. The number of aromatic amines is 2. The lowest BCUT2D eigenvalue weighted by molar-refractivity contribution is 0.0759. The summed E-state index contributed by atoms with van der Waals surface area (Å²) in [6.07, 6.45) is 0.902. The van der Waals surface area contributed by atoms with E-state index in [1.54, 1.807) is 0 Å². The van der Waals surface area contributed by atoms with Crippen LogP contribution in [-0.4, -0.2) is 17.1 Å². The van der Waals surface area contributed by atoms with Gasteiger partial charge in [-0.15, -0.1) is 11.3 Å². The molecule has 2 aliphatic rings. The number of ether oxygens (including phenoxy) is 1. The molecule has 132 valence electrons. The smallest absolute Gasteiger partial charge is 0.326 e. The number of hydrogen-bond acceptors (Lipinski definition) is 5. The average Bonchev–Trinajstić information content (AvgIpc) is 3.31. The molecule has 2 aromatic heterocycles. The lowest BCUT2D eigenvalue weighted by Gasteiger charge is -2.32. The van der Waals surface area contributed by atoms with Crippen molar-refractivity contribution >= 4 is 16.9 Å². The number of hydrogen-bond donors (Lipinski definition) is 3. The van der Waals surface area contributed by atoms with E-state index in [9.17, 15) is 9.59 Å². The van der Waals surface area contributed by atoms with E-state index < -0.39 is 23.3 Å². The number of aromatic nitrogens is 2. The van der Waals surface area contributed by atoms with Crippen molar-refractivity contribution < 1.29 is 9.13 Å². The minimum absolute atomic E-state index is 0.0127. The molecule has 25 heavy (non-hydrogen) atoms. The summed E-state index contributed by atoms with van der Waals surface area (Å²) in [7, 11) is 1.45. The van der Waals surface area contributed by atoms with Gasteiger partial charge >= 0.3 is 5.69 Å². The maximum absolute atomic E-state index is 15.5. The van der Waals surface area contributed by atoms with E-state index in [0.29, 0.717) is 17.8 Å². The highest BCUT2D eigenvalue weighted by molar-refractivity contribution is 7.10. The molecule has 0 aromatic carbocycles. The van der Waals surface area contributed by atoms with Gasteiger partial charge in [0.2, 0.25) is 0 Å². The molecule has 2 aliphatic carbocycles. The Balaban J connectivity index is 1.98. The van der Waals surface area contributed by atoms with Gasteiger partial charge in [0, 0.05) is 24.1 Å². The first-order valence-corrected chi connectivity index (χ1v) is 8.99. The van der Waals surface area contributed by atoms with Crippen LogP contribution in [-0.2, 0) is 11.3 Å². The van der Waals surface area contributed by atoms with Crippen LogP contribution >= 0.6 is 11.3 Å². The maximum Gasteiger partial charge on any atom is 0.326 e. The predicted molar refractivity (Wildman–Crippen MR) is 93.1 cm³/mol. The monoisotopic (exact) mass is 363 g/mol. The molecule has 2 heterocycles. The van der Waals surface area contributed by atoms with E-state index in [2.05, 4.69) is 9.97 Å². The number of fused-ring (bicyclic) bond motifs is 1. The van der Waals surface area contributed by atoms with Crippen LogP contribution in [0.2, 0.25) is 0 Å². The Kier molecular flexibility index (Phi) is 3.98. The quantitative estimate of drug-likeness (QED) is 0.775. The number of allylic oxidation sites excluding steroid dienone is 1. The highest BCUT2D eigenvalue weighted by Gasteiger charge is 2.44. The Bertz CT molecular complexity index is 970. The molecule has 2 atom stereocenters. The minimum atomic E-state index is -0.771. The normalized spacial score (nSPS) is 23.0. The van der Waals surface area contributed by atoms with Gasteiger partial charge < -0.3 is 15.5 Å². The highest BCUT2D eigenvalue weighted by atomic mass is 32.1. The van der Waals surface area contributed by atoms with Crippen molar-refractivity contribution in [1.82, 2.24) is 9.97 Å². The SMILES string of the molecule is COC1c2[nH]c(=O)[nH]c(=O)c2C(C2CC2)=C(F)C1c1csc(CN)c1. The number of nitrogens with one attached hydrogen (secondary N) is 2. The Morgan fingerprint density at radius 1 is 1.36 bits per heavy atom. The molecule has 2 unspecified atom stereocenters. The third-order valence-electron chi connectivity index (χ3n) is 4.83. The van der Waals surface area contributed by atoms with E-state index in [-0.39, 0.29) is 17.3 Å². The van der Waals surface area contributed by atoms with Gasteiger partial charge in [0.05, 0.1) is 17.2 Å². The minimum Gasteiger partial charge on any atom is -0.374 e. The summed E-state index contributed by atoms with van der Waals surface area (Å²) < 4.78 is 21.1. The van der Waals surface area contributed by atoms with E-state index in [4.69, 9.17) is 10.5 Å². The Morgan fingerprint density at radius 3 is 2.72 bits per heavy atom. The topological polar surface area (TPSA) is 101 Å². The van der Waals surface area contributed by atoms with Crippen molar-refractivity contribution in [3.05, 3.63) is 59.8 Å². The van der Waals surface area contributed by atoms with Crippen LogP contribution in [0.4, 0.5) is 4.39 Å². The second-order valence-corrected chi connectivity index (χ2v) is 7.41. The van der Waals surface area contributed by atoms with Crippen molar-refractivity contribution in [2.75, 3.05) is 7.11 Å². The molecule has 8 heteroatoms. The largest absolute Gasteiger partial charge is 0.374 e. The van der Waals surface area contributed by atoms with Crippen molar-refractivity contribution in [2.45, 2.75) is 31.4 Å². The van der Waals surface area contributed by atoms with Gasteiger partial charge in [-0.2, -0.15) is 0 Å². The van der Waals surface area contributed by atoms with E-state index >= 15 is 4.39 Å². The Morgan fingerprint density at radius 2 is 2.12 bits per heavy atom. The first-order chi connectivity index (χ1) is 12.0. The third kappa shape index (κ3) is 2.61. The maximum atomic E-state index is 15.5. The number of methoxy groups -OCH3 is 1. The summed E-state index contributed by atoms with van der Waals surface area (Å²) in [5.74, 6) is -1.03. The van der Waals surface area contributed by atoms with Gasteiger partial charge in [0.25, 0.3) is 5.56 Å². The van der Waals surface area contributed by atoms with Crippen molar-refractivity contribution in [2.24, 2.45) is 11.7 Å². The lowest BCUT2D eigenvalue weighted by atomic mass is 9.80. The second-order valence-electron chi connectivity index (χ2n) is 6.42. The molecule has 0 radical (unpaired) electrons. The first kappa shape index (κ1) is 16.4. The number of halogens is 1. The molecular formula is C17H18FN3O3S.